The van der Waals surface area contributed by atoms with E-state index in [0.717, 1.165) is 0 Å². The minimum atomic E-state index is -1.66. The lowest BCUT2D eigenvalue weighted by atomic mass is 10.1. The van der Waals surface area contributed by atoms with E-state index in [2.05, 4.69) is 15.0 Å². The molecule has 0 saturated carbocycles. The molecule has 12 heteroatoms. The summed E-state index contributed by atoms with van der Waals surface area (Å²) in [7, 11) is 0. The lowest BCUT2D eigenvalue weighted by Crippen LogP contribution is -2.50. The summed E-state index contributed by atoms with van der Waals surface area (Å²) in [6, 6.07) is 0. The third kappa shape index (κ3) is 2.74. The number of likely N-dealkylation sites (N-methyl/N-ethyl adjacent to an activating group) is 1. The van der Waals surface area contributed by atoms with E-state index in [1.54, 1.807) is 0 Å². The molecule has 0 aromatic carbocycles. The van der Waals surface area contributed by atoms with Gasteiger partial charge in [0.25, 0.3) is 0 Å². The highest BCUT2D eigenvalue weighted by Crippen LogP contribution is 2.33. The number of nitrogen functional groups attached to an aromatic ring is 1. The van der Waals surface area contributed by atoms with E-state index in [9.17, 15) is 20.1 Å². The van der Waals surface area contributed by atoms with E-state index >= 15 is 0 Å². The fraction of sp³-hybridized carbons (Fsp3) is 0.538. The number of amides is 1. The molecule has 0 radical (unpaired) electrons. The molecule has 6 N–H and O–H groups in total. The number of aromatic nitrogens is 4. The first-order valence-electron chi connectivity index (χ1n) is 7.49. The zero-order valence-corrected chi connectivity index (χ0v) is 13.2. The van der Waals surface area contributed by atoms with Gasteiger partial charge in [-0.2, -0.15) is 0 Å². The van der Waals surface area contributed by atoms with Crippen LogP contribution < -0.4 is 5.73 Å². The van der Waals surface area contributed by atoms with E-state index in [1.807, 2.05) is 0 Å². The Morgan fingerprint density at radius 2 is 2.12 bits per heavy atom. The Kier molecular flexibility index (Phi) is 4.43. The molecule has 1 amide bonds. The average Bonchev–Trinajstić information content (AvgIpc) is 3.11. The average molecular weight is 354 g/mol. The number of carboxylic acid groups (broad SMARTS) is 1. The van der Waals surface area contributed by atoms with Gasteiger partial charge in [0, 0.05) is 6.54 Å². The Balaban J connectivity index is 1.91. The van der Waals surface area contributed by atoms with Gasteiger partial charge in [-0.25, -0.2) is 19.7 Å². The summed E-state index contributed by atoms with van der Waals surface area (Å²) >= 11 is 0. The number of hydrogen-bond donors (Lipinski definition) is 5. The van der Waals surface area contributed by atoms with Crippen LogP contribution in [0.1, 0.15) is 13.2 Å². The summed E-state index contributed by atoms with van der Waals surface area (Å²) in [4.78, 5) is 23.7. The van der Waals surface area contributed by atoms with E-state index in [-0.39, 0.29) is 23.5 Å². The Morgan fingerprint density at radius 3 is 2.76 bits per heavy atom. The van der Waals surface area contributed by atoms with Crippen LogP contribution in [0, 0.1) is 0 Å². The van der Waals surface area contributed by atoms with Gasteiger partial charge < -0.3 is 30.9 Å². The van der Waals surface area contributed by atoms with Crippen LogP contribution in [0.4, 0.5) is 10.6 Å². The molecule has 3 rings (SSSR count). The molecular weight excluding hydrogens is 336 g/mol. The molecule has 1 aliphatic heterocycles. The second kappa shape index (κ2) is 6.40. The molecule has 0 spiro atoms. The molecule has 1 fully saturated rings. The molecule has 136 valence electrons. The third-order valence-electron chi connectivity index (χ3n) is 4.14. The fourth-order valence-corrected chi connectivity index (χ4v) is 2.83. The number of fused-ring (bicyclic) bond motifs is 1. The lowest BCUT2D eigenvalue weighted by molar-refractivity contribution is -0.128. The number of ether oxygens (including phenoxy) is 1. The van der Waals surface area contributed by atoms with Gasteiger partial charge in [0.05, 0.1) is 6.33 Å². The summed E-state index contributed by atoms with van der Waals surface area (Å²) < 4.78 is 6.88. The number of rotatable bonds is 4. The molecular formula is C13H18N6O6. The first kappa shape index (κ1) is 17.3. The number of aliphatic hydroxyl groups excluding tert-OH is 3. The first-order chi connectivity index (χ1) is 11.9. The highest BCUT2D eigenvalue weighted by Gasteiger charge is 2.49. The smallest absolute Gasteiger partial charge is 0.409 e. The number of hydrogen-bond acceptors (Lipinski definition) is 9. The van der Waals surface area contributed by atoms with E-state index in [1.165, 1.54) is 24.1 Å². The Hall–Kier alpha value is -2.54. The molecule has 2 aromatic heterocycles. The normalized spacial score (nSPS) is 27.5. The van der Waals surface area contributed by atoms with Crippen LogP contribution in [-0.4, -0.2) is 82.0 Å². The van der Waals surface area contributed by atoms with Crippen molar-refractivity contribution in [2.24, 2.45) is 0 Å². The summed E-state index contributed by atoms with van der Waals surface area (Å²) in [5, 5.41) is 39.8. The van der Waals surface area contributed by atoms with Crippen LogP contribution in [0.2, 0.25) is 0 Å². The number of imidazole rings is 1. The molecule has 2 aromatic rings. The third-order valence-corrected chi connectivity index (χ3v) is 4.14. The van der Waals surface area contributed by atoms with Crippen molar-refractivity contribution in [1.82, 2.24) is 24.4 Å². The zero-order chi connectivity index (χ0) is 18.3. The van der Waals surface area contributed by atoms with Gasteiger partial charge >= 0.3 is 6.09 Å². The van der Waals surface area contributed by atoms with Crippen molar-refractivity contribution in [1.29, 1.82) is 0 Å². The molecule has 12 nitrogen and oxygen atoms in total. The Labute approximate surface area is 141 Å². The summed E-state index contributed by atoms with van der Waals surface area (Å²) in [6.45, 7) is 1.50. The van der Waals surface area contributed by atoms with Crippen LogP contribution in [-0.2, 0) is 4.74 Å². The second-order valence-corrected chi connectivity index (χ2v) is 5.54. The molecule has 1 aliphatic rings. The number of anilines is 1. The van der Waals surface area contributed by atoms with Gasteiger partial charge in [0.2, 0.25) is 0 Å². The number of aliphatic hydroxyl groups is 3. The quantitative estimate of drug-likeness (QED) is 0.399. The van der Waals surface area contributed by atoms with Crippen molar-refractivity contribution in [3.63, 3.8) is 0 Å². The summed E-state index contributed by atoms with van der Waals surface area (Å²) in [6.07, 6.45) is -5.98. The van der Waals surface area contributed by atoms with Gasteiger partial charge in [0.15, 0.2) is 23.9 Å². The van der Waals surface area contributed by atoms with Gasteiger partial charge in [-0.3, -0.25) is 9.47 Å². The van der Waals surface area contributed by atoms with Crippen molar-refractivity contribution in [3.05, 3.63) is 12.7 Å². The van der Waals surface area contributed by atoms with E-state index in [0.29, 0.717) is 4.90 Å². The highest BCUT2D eigenvalue weighted by molar-refractivity contribution is 5.81. The molecule has 25 heavy (non-hydrogen) atoms. The molecule has 3 heterocycles. The minimum Gasteiger partial charge on any atom is -0.465 e. The molecule has 0 aliphatic carbocycles. The van der Waals surface area contributed by atoms with Crippen molar-refractivity contribution in [2.45, 2.75) is 37.7 Å². The number of carbonyl (C=O) groups is 1. The molecule has 1 unspecified atom stereocenters. The lowest BCUT2D eigenvalue weighted by Gasteiger charge is -2.29. The topological polar surface area (TPSA) is 180 Å². The monoisotopic (exact) mass is 354 g/mol. The maximum absolute atomic E-state index is 11.2. The Bertz CT molecular complexity index is 783. The number of nitrogens with two attached hydrogens (primary N) is 1. The fourth-order valence-electron chi connectivity index (χ4n) is 2.83. The predicted molar refractivity (Wildman–Crippen MR) is 82.1 cm³/mol. The summed E-state index contributed by atoms with van der Waals surface area (Å²) in [5.41, 5.74) is 6.26. The standard InChI is InChI=1S/C13H18N6O6/c1-2-18(13(23)24)11(22)8-6(20)7(21)12(25-8)19-4-17-5-9(14)15-3-16-10(5)19/h3-4,6-8,11-12,20-22H,2H2,1H3,(H,23,24)(H2,14,15,16)/t6-,7+,8-,11?,12+/m0/s1. The first-order valence-corrected chi connectivity index (χ1v) is 7.49. The van der Waals surface area contributed by atoms with E-state index < -0.39 is 36.9 Å². The zero-order valence-electron chi connectivity index (χ0n) is 13.2. The van der Waals surface area contributed by atoms with Crippen LogP contribution in [0.5, 0.6) is 0 Å². The minimum absolute atomic E-state index is 0.0262. The second-order valence-electron chi connectivity index (χ2n) is 5.54. The SMILES string of the molecule is CCN(C(=O)O)C(O)[C@H]1O[C@@H](n2cnc3c(N)ncnc32)[C@H](O)[C@@H]1O. The van der Waals surface area contributed by atoms with Crippen molar-refractivity contribution >= 4 is 23.1 Å². The molecule has 5 atom stereocenters. The maximum Gasteiger partial charge on any atom is 0.409 e. The molecule has 0 bridgehead atoms. The molecule has 1 saturated heterocycles. The van der Waals surface area contributed by atoms with Gasteiger partial charge in [-0.1, -0.05) is 0 Å². The van der Waals surface area contributed by atoms with Gasteiger partial charge in [0.1, 0.15) is 30.2 Å². The van der Waals surface area contributed by atoms with Crippen LogP contribution >= 0.6 is 0 Å². The van der Waals surface area contributed by atoms with E-state index in [4.69, 9.17) is 15.6 Å². The summed E-state index contributed by atoms with van der Waals surface area (Å²) in [5.74, 6) is 0.136. The van der Waals surface area contributed by atoms with Gasteiger partial charge in [-0.15, -0.1) is 0 Å². The van der Waals surface area contributed by atoms with Crippen molar-refractivity contribution in [2.75, 3.05) is 12.3 Å². The predicted octanol–water partition coefficient (Wildman–Crippen LogP) is -1.65. The largest absolute Gasteiger partial charge is 0.465 e. The van der Waals surface area contributed by atoms with Crippen LogP contribution in [0.25, 0.3) is 11.2 Å². The van der Waals surface area contributed by atoms with Crippen molar-refractivity contribution < 1.29 is 30.0 Å². The Morgan fingerprint density at radius 1 is 1.40 bits per heavy atom. The highest BCUT2D eigenvalue weighted by atomic mass is 16.6. The number of nitrogens with zero attached hydrogens (tertiary/aromatic N) is 5. The van der Waals surface area contributed by atoms with Crippen LogP contribution in [0.3, 0.4) is 0 Å². The van der Waals surface area contributed by atoms with Crippen LogP contribution in [0.15, 0.2) is 12.7 Å². The van der Waals surface area contributed by atoms with Crippen molar-refractivity contribution in [3.8, 4) is 0 Å². The maximum atomic E-state index is 11.2. The van der Waals surface area contributed by atoms with Gasteiger partial charge in [-0.05, 0) is 6.92 Å².